The number of carbonyl (C=O) groups is 4. The lowest BCUT2D eigenvalue weighted by Crippen LogP contribution is -2.66. The van der Waals surface area contributed by atoms with E-state index in [1.54, 1.807) is 6.92 Å². The van der Waals surface area contributed by atoms with Crippen molar-refractivity contribution in [1.82, 2.24) is 0 Å². The summed E-state index contributed by atoms with van der Waals surface area (Å²) >= 11 is 0. The van der Waals surface area contributed by atoms with Gasteiger partial charge in [0.1, 0.15) is 18.3 Å². The summed E-state index contributed by atoms with van der Waals surface area (Å²) in [5, 5.41) is 0. The van der Waals surface area contributed by atoms with Crippen LogP contribution in [-0.4, -0.2) is 71.2 Å². The Morgan fingerprint density at radius 3 is 2.34 bits per heavy atom. The van der Waals surface area contributed by atoms with Crippen LogP contribution in [0, 0.1) is 11.3 Å². The number of fused-ring (bicyclic) bond motifs is 3. The first kappa shape index (κ1) is 27.1. The molecule has 10 heteroatoms. The molecule has 4 fully saturated rings. The maximum atomic E-state index is 13.0. The van der Waals surface area contributed by atoms with Crippen molar-refractivity contribution in [3.8, 4) is 0 Å². The average Bonchev–Trinajstić information content (AvgIpc) is 3.64. The maximum absolute atomic E-state index is 13.0. The highest BCUT2D eigenvalue weighted by Crippen LogP contribution is 2.69. The van der Waals surface area contributed by atoms with Crippen LogP contribution in [0.3, 0.4) is 0 Å². The normalized spacial score (nSPS) is 48.0. The van der Waals surface area contributed by atoms with Gasteiger partial charge in [-0.3, -0.25) is 14.4 Å². The predicted molar refractivity (Wildman–Crippen MR) is 130 cm³/mol. The second kappa shape index (κ2) is 8.78. The fraction of sp³-hybridized carbons (Fsp3) is 0.786. The monoisotopic (exact) mass is 534 g/mol. The summed E-state index contributed by atoms with van der Waals surface area (Å²) in [5.74, 6) is -2.57. The standard InChI is InChI=1S/C28H38O10/c1-8-9-21(31)35-17-11-10-14(2)12-20-28(27(7,38-28)24(32)36-20)23(34-16(4)30)22-25(17,5)18(33-15(3)29)13-19-26(22,6)37-19/h12,17-20,22-23H,8-11,13H2,1-7H3/b14-12-/t17-,18-,19-,20+,22+,23-,25-,26-,27-,28-/m0/s1. The lowest BCUT2D eigenvalue weighted by atomic mass is 9.53. The van der Waals surface area contributed by atoms with Gasteiger partial charge < -0.3 is 28.4 Å². The van der Waals surface area contributed by atoms with Crippen molar-refractivity contribution < 1.29 is 47.6 Å². The zero-order chi connectivity index (χ0) is 27.8. The average molecular weight is 535 g/mol. The Hall–Kier alpha value is -2.46. The van der Waals surface area contributed by atoms with Crippen LogP contribution >= 0.6 is 0 Å². The predicted octanol–water partition coefficient (Wildman–Crippen LogP) is 2.94. The number of allylic oxidation sites excluding steroid dienone is 1. The number of carbonyl (C=O) groups excluding carboxylic acids is 4. The third-order valence-corrected chi connectivity index (χ3v) is 9.50. The Morgan fingerprint density at radius 2 is 1.74 bits per heavy atom. The SMILES string of the molecule is CCCC(=O)O[C@H]1CC/C(C)=C\[C@H]2OC(=O)[C@]3(C)O[C@]23[C@@H](OC(C)=O)[C@H]2[C@@]3(C)O[C@H]3C[C@H](OC(C)=O)[C@]12C. The molecule has 10 nitrogen and oxygen atoms in total. The molecule has 210 valence electrons. The van der Waals surface area contributed by atoms with E-state index in [0.29, 0.717) is 25.7 Å². The van der Waals surface area contributed by atoms with E-state index in [1.807, 2.05) is 33.8 Å². The van der Waals surface area contributed by atoms with Gasteiger partial charge in [-0.25, -0.2) is 4.79 Å². The molecule has 0 bridgehead atoms. The van der Waals surface area contributed by atoms with Crippen molar-refractivity contribution >= 4 is 23.9 Å². The van der Waals surface area contributed by atoms with Crippen LogP contribution in [0.1, 0.15) is 80.6 Å². The minimum absolute atomic E-state index is 0.240. The molecule has 0 N–H and O–H groups in total. The summed E-state index contributed by atoms with van der Waals surface area (Å²) in [6.07, 6.45) is 0.583. The highest BCUT2D eigenvalue weighted by Gasteiger charge is 2.89. The number of hydrogen-bond donors (Lipinski definition) is 0. The summed E-state index contributed by atoms with van der Waals surface area (Å²) in [4.78, 5) is 50.9. The fourth-order valence-corrected chi connectivity index (χ4v) is 7.51. The number of ether oxygens (including phenoxy) is 6. The van der Waals surface area contributed by atoms with Crippen molar-refractivity contribution in [3.63, 3.8) is 0 Å². The van der Waals surface area contributed by atoms with Gasteiger partial charge in [-0.05, 0) is 46.1 Å². The van der Waals surface area contributed by atoms with Gasteiger partial charge in [-0.1, -0.05) is 19.4 Å². The Labute approximate surface area is 222 Å². The molecule has 38 heavy (non-hydrogen) atoms. The first-order valence-corrected chi connectivity index (χ1v) is 13.5. The van der Waals surface area contributed by atoms with Crippen molar-refractivity contribution in [3.05, 3.63) is 11.6 Å². The minimum atomic E-state index is -1.34. The Bertz CT molecular complexity index is 1100. The smallest absolute Gasteiger partial charge is 0.342 e. The first-order valence-electron chi connectivity index (χ1n) is 13.5. The largest absolute Gasteiger partial charge is 0.462 e. The first-order chi connectivity index (χ1) is 17.7. The summed E-state index contributed by atoms with van der Waals surface area (Å²) in [7, 11) is 0. The Balaban J connectivity index is 1.73. The topological polar surface area (TPSA) is 130 Å². The molecular weight excluding hydrogens is 496 g/mol. The zero-order valence-electron chi connectivity index (χ0n) is 23.2. The lowest BCUT2D eigenvalue weighted by molar-refractivity contribution is -0.213. The summed E-state index contributed by atoms with van der Waals surface area (Å²) in [5.41, 5.74) is -3.59. The molecule has 0 aromatic heterocycles. The van der Waals surface area contributed by atoms with E-state index in [4.69, 9.17) is 28.4 Å². The highest BCUT2D eigenvalue weighted by atomic mass is 16.7. The van der Waals surface area contributed by atoms with E-state index < -0.39 is 70.5 Å². The second-order valence-electron chi connectivity index (χ2n) is 12.0. The van der Waals surface area contributed by atoms with E-state index in [2.05, 4.69) is 0 Å². The molecule has 10 atom stereocenters. The molecule has 3 aliphatic heterocycles. The molecule has 5 rings (SSSR count). The van der Waals surface area contributed by atoms with Crippen LogP contribution in [0.25, 0.3) is 0 Å². The van der Waals surface area contributed by atoms with Gasteiger partial charge >= 0.3 is 23.9 Å². The van der Waals surface area contributed by atoms with Gasteiger partial charge in [0.05, 0.1) is 17.1 Å². The number of hydrogen-bond acceptors (Lipinski definition) is 10. The molecule has 3 saturated heterocycles. The van der Waals surface area contributed by atoms with Gasteiger partial charge in [0.25, 0.3) is 0 Å². The molecule has 3 heterocycles. The van der Waals surface area contributed by atoms with Gasteiger partial charge in [0, 0.05) is 32.6 Å². The molecule has 0 aromatic rings. The molecule has 0 aromatic carbocycles. The molecule has 0 unspecified atom stereocenters. The lowest BCUT2D eigenvalue weighted by Gasteiger charge is -2.54. The van der Waals surface area contributed by atoms with Crippen molar-refractivity contribution in [1.29, 1.82) is 0 Å². The Kier molecular flexibility index (Phi) is 6.26. The van der Waals surface area contributed by atoms with E-state index in [1.165, 1.54) is 13.8 Å². The molecule has 5 aliphatic rings. The number of esters is 4. The van der Waals surface area contributed by atoms with Gasteiger partial charge in [-0.2, -0.15) is 0 Å². The molecule has 1 saturated carbocycles. The van der Waals surface area contributed by atoms with Crippen LogP contribution in [-0.2, 0) is 47.6 Å². The van der Waals surface area contributed by atoms with Gasteiger partial charge in [0.2, 0.25) is 0 Å². The van der Waals surface area contributed by atoms with Crippen LogP contribution in [0.15, 0.2) is 11.6 Å². The summed E-state index contributed by atoms with van der Waals surface area (Å²) in [6.45, 7) is 12.0. The molecule has 2 aliphatic carbocycles. The molecular formula is C28H38O10. The zero-order valence-corrected chi connectivity index (χ0v) is 23.2. The molecule has 0 radical (unpaired) electrons. The van der Waals surface area contributed by atoms with E-state index in [-0.39, 0.29) is 18.5 Å². The quantitative estimate of drug-likeness (QED) is 0.225. The van der Waals surface area contributed by atoms with Crippen LogP contribution in [0.5, 0.6) is 0 Å². The number of epoxide rings is 2. The molecule has 1 spiro atoms. The third-order valence-electron chi connectivity index (χ3n) is 9.50. The van der Waals surface area contributed by atoms with E-state index >= 15 is 0 Å². The van der Waals surface area contributed by atoms with Crippen LogP contribution in [0.4, 0.5) is 0 Å². The van der Waals surface area contributed by atoms with Crippen LogP contribution < -0.4 is 0 Å². The van der Waals surface area contributed by atoms with Gasteiger partial charge in [-0.15, -0.1) is 0 Å². The van der Waals surface area contributed by atoms with Crippen molar-refractivity contribution in [2.45, 2.75) is 128 Å². The van der Waals surface area contributed by atoms with E-state index in [0.717, 1.165) is 5.57 Å². The van der Waals surface area contributed by atoms with E-state index in [9.17, 15) is 19.2 Å². The maximum Gasteiger partial charge on any atom is 0.342 e. The summed E-state index contributed by atoms with van der Waals surface area (Å²) < 4.78 is 36.5. The third kappa shape index (κ3) is 3.73. The number of rotatable bonds is 5. The van der Waals surface area contributed by atoms with Crippen LogP contribution in [0.2, 0.25) is 0 Å². The fourth-order valence-electron chi connectivity index (χ4n) is 7.51. The highest BCUT2D eigenvalue weighted by molar-refractivity contribution is 5.89. The van der Waals surface area contributed by atoms with Gasteiger partial charge in [0.15, 0.2) is 17.3 Å². The minimum Gasteiger partial charge on any atom is -0.462 e. The Morgan fingerprint density at radius 1 is 1.05 bits per heavy atom. The van der Waals surface area contributed by atoms with Crippen molar-refractivity contribution in [2.75, 3.05) is 0 Å². The van der Waals surface area contributed by atoms with Crippen molar-refractivity contribution in [2.24, 2.45) is 11.3 Å². The summed E-state index contributed by atoms with van der Waals surface area (Å²) in [6, 6.07) is 0. The second-order valence-corrected chi connectivity index (χ2v) is 12.0. The molecule has 0 amide bonds.